The van der Waals surface area contributed by atoms with E-state index in [9.17, 15) is 4.79 Å². The monoisotopic (exact) mass is 404 g/mol. The van der Waals surface area contributed by atoms with Crippen molar-refractivity contribution in [1.29, 1.82) is 0 Å². The second kappa shape index (κ2) is 8.05. The number of benzene rings is 1. The first-order chi connectivity index (χ1) is 14.7. The zero-order valence-corrected chi connectivity index (χ0v) is 17.5. The first kappa shape index (κ1) is 19.0. The number of amides is 1. The van der Waals surface area contributed by atoms with Crippen molar-refractivity contribution in [1.82, 2.24) is 24.7 Å². The van der Waals surface area contributed by atoms with E-state index in [1.807, 2.05) is 28.8 Å². The summed E-state index contributed by atoms with van der Waals surface area (Å²) < 4.78 is 1.83. The highest BCUT2D eigenvalue weighted by atomic mass is 16.2. The summed E-state index contributed by atoms with van der Waals surface area (Å²) >= 11 is 0. The van der Waals surface area contributed by atoms with Crippen molar-refractivity contribution in [3.8, 4) is 11.4 Å². The molecule has 4 heterocycles. The van der Waals surface area contributed by atoms with Crippen LogP contribution in [0.1, 0.15) is 37.7 Å². The molecule has 0 spiro atoms. The standard InChI is InChI=1S/C23H28N6O/c1-17-6-5-7-19(16-17)22-25-24-20-8-9-21(26-29(20)22)27-14-10-18(11-15-27)23(30)28-12-3-2-4-13-28/h5-9,16,18H,2-4,10-15H2,1H3. The molecular weight excluding hydrogens is 376 g/mol. The molecule has 2 fully saturated rings. The third-order valence-corrected chi connectivity index (χ3v) is 6.36. The molecule has 5 rings (SSSR count). The molecule has 0 atom stereocenters. The number of fused-ring (bicyclic) bond motifs is 1. The molecule has 0 saturated carbocycles. The Hall–Kier alpha value is -2.96. The van der Waals surface area contributed by atoms with Crippen LogP contribution in [0.25, 0.3) is 17.0 Å². The van der Waals surface area contributed by atoms with Gasteiger partial charge in [-0.25, -0.2) is 0 Å². The maximum absolute atomic E-state index is 12.8. The molecule has 7 nitrogen and oxygen atoms in total. The fourth-order valence-electron chi connectivity index (χ4n) is 4.64. The lowest BCUT2D eigenvalue weighted by Gasteiger charge is -2.36. The largest absolute Gasteiger partial charge is 0.355 e. The van der Waals surface area contributed by atoms with Crippen molar-refractivity contribution in [2.75, 3.05) is 31.1 Å². The van der Waals surface area contributed by atoms with Gasteiger partial charge >= 0.3 is 0 Å². The van der Waals surface area contributed by atoms with Gasteiger partial charge in [0.2, 0.25) is 5.91 Å². The SMILES string of the molecule is Cc1cccc(-c2nnc3ccc(N4CCC(C(=O)N5CCCCC5)CC4)nn23)c1. The Morgan fingerprint density at radius 1 is 0.967 bits per heavy atom. The molecule has 156 valence electrons. The molecule has 3 aromatic rings. The summed E-state index contributed by atoms with van der Waals surface area (Å²) in [4.78, 5) is 17.2. The summed E-state index contributed by atoms with van der Waals surface area (Å²) in [7, 11) is 0. The first-order valence-electron chi connectivity index (χ1n) is 11.0. The second-order valence-corrected chi connectivity index (χ2v) is 8.50. The number of rotatable bonds is 3. The number of aromatic nitrogens is 4. The zero-order valence-electron chi connectivity index (χ0n) is 17.5. The van der Waals surface area contributed by atoms with E-state index in [2.05, 4.69) is 39.1 Å². The van der Waals surface area contributed by atoms with Gasteiger partial charge in [-0.05, 0) is 57.2 Å². The maximum atomic E-state index is 12.8. The molecule has 0 N–H and O–H groups in total. The van der Waals surface area contributed by atoms with E-state index < -0.39 is 0 Å². The Balaban J connectivity index is 1.32. The predicted molar refractivity (Wildman–Crippen MR) is 116 cm³/mol. The molecule has 0 aliphatic carbocycles. The molecule has 7 heteroatoms. The van der Waals surface area contributed by atoms with Crippen molar-refractivity contribution < 1.29 is 4.79 Å². The van der Waals surface area contributed by atoms with Gasteiger partial charge in [-0.2, -0.15) is 4.52 Å². The van der Waals surface area contributed by atoms with E-state index in [1.165, 1.54) is 12.0 Å². The van der Waals surface area contributed by atoms with Crippen molar-refractivity contribution in [3.63, 3.8) is 0 Å². The first-order valence-corrected chi connectivity index (χ1v) is 11.0. The van der Waals surface area contributed by atoms with Crippen LogP contribution in [-0.2, 0) is 4.79 Å². The minimum atomic E-state index is 0.154. The summed E-state index contributed by atoms with van der Waals surface area (Å²) in [5.74, 6) is 2.19. The molecule has 2 aliphatic rings. The zero-order chi connectivity index (χ0) is 20.5. The highest BCUT2D eigenvalue weighted by molar-refractivity contribution is 5.79. The Morgan fingerprint density at radius 2 is 1.77 bits per heavy atom. The molecule has 2 aromatic heterocycles. The van der Waals surface area contributed by atoms with Gasteiger partial charge in [-0.15, -0.1) is 15.3 Å². The Kier molecular flexibility index (Phi) is 5.11. The third-order valence-electron chi connectivity index (χ3n) is 6.36. The predicted octanol–water partition coefficient (Wildman–Crippen LogP) is 3.33. The Labute approximate surface area is 176 Å². The molecule has 30 heavy (non-hydrogen) atoms. The topological polar surface area (TPSA) is 66.6 Å². The number of likely N-dealkylation sites (tertiary alicyclic amines) is 1. The van der Waals surface area contributed by atoms with Gasteiger partial charge in [0.25, 0.3) is 0 Å². The summed E-state index contributed by atoms with van der Waals surface area (Å²) in [6, 6.07) is 12.2. The summed E-state index contributed by atoms with van der Waals surface area (Å²) in [5.41, 5.74) is 2.93. The molecular formula is C23H28N6O. The van der Waals surface area contributed by atoms with Crippen molar-refractivity contribution in [2.45, 2.75) is 39.0 Å². The lowest BCUT2D eigenvalue weighted by atomic mass is 9.94. The Morgan fingerprint density at radius 3 is 2.53 bits per heavy atom. The molecule has 2 saturated heterocycles. The molecule has 0 unspecified atom stereocenters. The second-order valence-electron chi connectivity index (χ2n) is 8.50. The van der Waals surface area contributed by atoms with Crippen molar-refractivity contribution in [2.24, 2.45) is 5.92 Å². The molecule has 0 radical (unpaired) electrons. The number of carbonyl (C=O) groups excluding carboxylic acids is 1. The maximum Gasteiger partial charge on any atom is 0.225 e. The molecule has 1 amide bonds. The lowest BCUT2D eigenvalue weighted by Crippen LogP contribution is -2.44. The summed E-state index contributed by atoms with van der Waals surface area (Å²) in [6.45, 7) is 5.65. The average molecular weight is 405 g/mol. The van der Waals surface area contributed by atoms with Gasteiger partial charge in [0.1, 0.15) is 5.82 Å². The van der Waals surface area contributed by atoms with E-state index in [-0.39, 0.29) is 5.92 Å². The van der Waals surface area contributed by atoms with E-state index >= 15 is 0 Å². The van der Waals surface area contributed by atoms with Gasteiger partial charge in [-0.1, -0.05) is 23.8 Å². The van der Waals surface area contributed by atoms with Gasteiger partial charge in [0.15, 0.2) is 11.5 Å². The highest BCUT2D eigenvalue weighted by Gasteiger charge is 2.29. The van der Waals surface area contributed by atoms with Crippen LogP contribution in [-0.4, -0.2) is 56.8 Å². The number of carbonyl (C=O) groups is 1. The lowest BCUT2D eigenvalue weighted by molar-refractivity contribution is -0.137. The van der Waals surface area contributed by atoms with Crippen LogP contribution < -0.4 is 4.90 Å². The minimum Gasteiger partial charge on any atom is -0.355 e. The third kappa shape index (κ3) is 3.64. The molecule has 1 aromatic carbocycles. The van der Waals surface area contributed by atoms with Crippen LogP contribution in [0.2, 0.25) is 0 Å². The number of anilines is 1. The smallest absolute Gasteiger partial charge is 0.225 e. The van der Waals surface area contributed by atoms with E-state index in [0.29, 0.717) is 5.91 Å². The van der Waals surface area contributed by atoms with Crippen LogP contribution in [0.5, 0.6) is 0 Å². The van der Waals surface area contributed by atoms with Gasteiger partial charge in [-0.3, -0.25) is 4.79 Å². The summed E-state index contributed by atoms with van der Waals surface area (Å²) in [6.07, 6.45) is 5.33. The Bertz CT molecular complexity index is 1050. The van der Waals surface area contributed by atoms with Crippen LogP contribution in [0.3, 0.4) is 0 Å². The fraction of sp³-hybridized carbons (Fsp3) is 0.478. The van der Waals surface area contributed by atoms with Gasteiger partial charge in [0.05, 0.1) is 0 Å². The van der Waals surface area contributed by atoms with E-state index in [1.54, 1.807) is 0 Å². The number of nitrogens with zero attached hydrogens (tertiary/aromatic N) is 6. The highest BCUT2D eigenvalue weighted by Crippen LogP contribution is 2.26. The van der Waals surface area contributed by atoms with Crippen molar-refractivity contribution >= 4 is 17.4 Å². The normalized spacial score (nSPS) is 18.2. The number of aryl methyl sites for hydroxylation is 1. The van der Waals surface area contributed by atoms with E-state index in [4.69, 9.17) is 5.10 Å². The van der Waals surface area contributed by atoms with Crippen LogP contribution in [0, 0.1) is 12.8 Å². The van der Waals surface area contributed by atoms with Crippen molar-refractivity contribution in [3.05, 3.63) is 42.0 Å². The minimum absolute atomic E-state index is 0.154. The summed E-state index contributed by atoms with van der Waals surface area (Å²) in [5, 5.41) is 13.5. The van der Waals surface area contributed by atoms with Crippen LogP contribution in [0.4, 0.5) is 5.82 Å². The van der Waals surface area contributed by atoms with Crippen LogP contribution in [0.15, 0.2) is 36.4 Å². The molecule has 0 bridgehead atoms. The number of piperidine rings is 2. The van der Waals surface area contributed by atoms with Gasteiger partial charge in [0, 0.05) is 37.7 Å². The number of hydrogen-bond donors (Lipinski definition) is 0. The van der Waals surface area contributed by atoms with Gasteiger partial charge < -0.3 is 9.80 Å². The molecule has 2 aliphatic heterocycles. The number of hydrogen-bond acceptors (Lipinski definition) is 5. The quantitative estimate of drug-likeness (QED) is 0.670. The fourth-order valence-corrected chi connectivity index (χ4v) is 4.64. The van der Waals surface area contributed by atoms with Crippen LogP contribution >= 0.6 is 0 Å². The van der Waals surface area contributed by atoms with E-state index in [0.717, 1.165) is 74.7 Å². The average Bonchev–Trinajstić information content (AvgIpc) is 3.23.